The number of hydrogen-bond donors (Lipinski definition) is 3. The lowest BCUT2D eigenvalue weighted by Crippen LogP contribution is -3.09. The molecule has 1 aliphatic heterocycles. The molecule has 1 atom stereocenters. The average Bonchev–Trinajstić information content (AvgIpc) is 3.34. The van der Waals surface area contributed by atoms with Gasteiger partial charge in [0.05, 0.1) is 32.1 Å². The highest BCUT2D eigenvalue weighted by atomic mass is 16.3. The van der Waals surface area contributed by atoms with E-state index in [1.165, 1.54) is 29.1 Å². The monoisotopic (exact) mass is 591 g/mol. The Hall–Kier alpha value is -4.73. The smallest absolute Gasteiger partial charge is 0.395 e. The number of para-hydroxylation sites is 3. The molecule has 0 saturated carbocycles. The van der Waals surface area contributed by atoms with Gasteiger partial charge in [0, 0.05) is 49.5 Å². The van der Waals surface area contributed by atoms with Crippen LogP contribution in [0.3, 0.4) is 0 Å². The van der Waals surface area contributed by atoms with Crippen LogP contribution < -0.4 is 19.8 Å². The minimum Gasteiger partial charge on any atom is -0.395 e. The number of aryl methyl sites for hydroxylation is 1. The summed E-state index contributed by atoms with van der Waals surface area (Å²) in [6.45, 7) is 2.60. The highest BCUT2D eigenvalue weighted by Crippen LogP contribution is 2.24. The van der Waals surface area contributed by atoms with Crippen molar-refractivity contribution >= 4 is 40.6 Å². The molecule has 5 rings (SSSR count). The number of aliphatic hydroxyl groups excluding tert-OH is 1. The molecule has 0 amide bonds. The summed E-state index contributed by atoms with van der Waals surface area (Å²) in [5.74, 6) is 0.919. The minimum atomic E-state index is 0.0999. The second kappa shape index (κ2) is 15.7. The van der Waals surface area contributed by atoms with Gasteiger partial charge in [-0.3, -0.25) is 5.01 Å². The molecule has 3 N–H and O–H groups in total. The molecule has 1 aromatic heterocycles. The first kappa shape index (κ1) is 30.7. The van der Waals surface area contributed by atoms with Gasteiger partial charge < -0.3 is 10.4 Å². The van der Waals surface area contributed by atoms with Crippen LogP contribution in [0.1, 0.15) is 31.2 Å². The molecule has 0 bridgehead atoms. The Kier molecular flexibility index (Phi) is 10.9. The van der Waals surface area contributed by atoms with Crippen LogP contribution in [0, 0.1) is 0 Å². The average molecular weight is 592 g/mol. The van der Waals surface area contributed by atoms with Gasteiger partial charge in [0.25, 0.3) is 0 Å². The maximum Gasteiger partial charge on any atom is 0.525 e. The third-order valence-corrected chi connectivity index (χ3v) is 7.77. The molecule has 0 fully saturated rings. The lowest BCUT2D eigenvalue weighted by Gasteiger charge is -2.11. The number of pyridine rings is 1. The summed E-state index contributed by atoms with van der Waals surface area (Å²) in [4.78, 5) is 1.26. The molecule has 2 heterocycles. The molecular weight excluding hydrogens is 548 g/mol. The molecule has 3 aromatic carbocycles. The van der Waals surface area contributed by atoms with Gasteiger partial charge in [-0.2, -0.15) is 14.6 Å². The Bertz CT molecular complexity index is 1570. The van der Waals surface area contributed by atoms with Crippen molar-refractivity contribution in [2.75, 3.05) is 44.1 Å². The predicted molar refractivity (Wildman–Crippen MR) is 177 cm³/mol. The van der Waals surface area contributed by atoms with E-state index in [4.69, 9.17) is 10.2 Å². The Morgan fingerprint density at radius 1 is 0.841 bits per heavy atom. The second-order valence-corrected chi connectivity index (χ2v) is 10.9. The van der Waals surface area contributed by atoms with E-state index in [-0.39, 0.29) is 6.61 Å². The fourth-order valence-corrected chi connectivity index (χ4v) is 5.30. The first-order chi connectivity index (χ1) is 21.6. The van der Waals surface area contributed by atoms with E-state index in [9.17, 15) is 0 Å². The van der Waals surface area contributed by atoms with Crippen LogP contribution in [0.2, 0.25) is 0 Å². The first-order valence-electron chi connectivity index (χ1n) is 15.4. The molecule has 226 valence electrons. The number of aromatic nitrogens is 1. The number of quaternary nitrogens is 1. The normalized spacial score (nSPS) is 14.5. The Labute approximate surface area is 260 Å². The summed E-state index contributed by atoms with van der Waals surface area (Å²) in [7, 11) is 4.03. The summed E-state index contributed by atoms with van der Waals surface area (Å²) in [5.41, 5.74) is 6.33. The topological polar surface area (TPSA) is 83.9 Å². The van der Waals surface area contributed by atoms with Gasteiger partial charge in [0.1, 0.15) is 17.3 Å². The number of guanidine groups is 1. The first-order valence-corrected chi connectivity index (χ1v) is 15.4. The maximum atomic E-state index is 9.01. The van der Waals surface area contributed by atoms with Gasteiger partial charge >= 0.3 is 5.96 Å². The third-order valence-electron chi connectivity index (χ3n) is 7.77. The summed E-state index contributed by atoms with van der Waals surface area (Å²) in [6, 6.07) is 30.7. The van der Waals surface area contributed by atoms with Crippen LogP contribution in [-0.4, -0.2) is 55.6 Å². The molecule has 4 aromatic rings. The van der Waals surface area contributed by atoms with E-state index in [1.807, 2.05) is 72.9 Å². The minimum absolute atomic E-state index is 0.0999. The van der Waals surface area contributed by atoms with E-state index >= 15 is 0 Å². The standard InChI is InChI=1S/C35H41N8O/c1-40-33-14-8-9-15-34(33)43(35(40)39-38-31-18-16-30(17-19-31)36-22-27-44)24-11-4-3-10-23-42-25-20-29(21-26-42)28-37-41(2)32-12-6-5-7-13-32/h5-9,12-21,25-26,28,44H,3-4,10-11,22-24,27H2,1-2H3/q+1/p+2. The van der Waals surface area contributed by atoms with Gasteiger partial charge in [-0.25, -0.2) is 4.57 Å². The van der Waals surface area contributed by atoms with E-state index in [0.29, 0.717) is 6.54 Å². The number of hydrazone groups is 1. The summed E-state index contributed by atoms with van der Waals surface area (Å²) in [6.07, 6.45) is 10.8. The Morgan fingerprint density at radius 3 is 2.34 bits per heavy atom. The lowest BCUT2D eigenvalue weighted by atomic mass is 10.1. The number of benzene rings is 3. The fraction of sp³-hybridized carbons (Fsp3) is 0.286. The van der Waals surface area contributed by atoms with Crippen molar-refractivity contribution in [1.29, 1.82) is 0 Å². The zero-order valence-electron chi connectivity index (χ0n) is 25.7. The number of fused-ring (bicyclic) bond motifs is 1. The van der Waals surface area contributed by atoms with E-state index in [1.54, 1.807) is 0 Å². The number of aliphatic hydroxyl groups is 1. The van der Waals surface area contributed by atoms with Crippen LogP contribution in [-0.2, 0) is 6.54 Å². The van der Waals surface area contributed by atoms with Gasteiger partial charge in [-0.15, -0.1) is 0 Å². The quantitative estimate of drug-likeness (QED) is 0.0631. The number of azo groups is 1. The molecule has 1 unspecified atom stereocenters. The van der Waals surface area contributed by atoms with E-state index < -0.39 is 0 Å². The fourth-order valence-electron chi connectivity index (χ4n) is 5.30. The molecule has 0 aliphatic carbocycles. The van der Waals surface area contributed by atoms with Crippen molar-refractivity contribution in [3.63, 3.8) is 0 Å². The van der Waals surface area contributed by atoms with Gasteiger partial charge in [-0.1, -0.05) is 30.3 Å². The Balaban J connectivity index is 1.09. The molecule has 44 heavy (non-hydrogen) atoms. The van der Waals surface area contributed by atoms with Crippen LogP contribution >= 0.6 is 0 Å². The molecule has 1 aliphatic rings. The SMILES string of the molecule is CN(/N=C\c1cc[n+](CCCCCC[NH+]2C(N=Nc3ccc(NCCO)cc3)=[N+](C)c3ccccc32)cc1)c1ccccc1. The van der Waals surface area contributed by atoms with Gasteiger partial charge in [0.2, 0.25) is 0 Å². The van der Waals surface area contributed by atoms with Crippen LogP contribution in [0.4, 0.5) is 28.4 Å². The molecule has 0 saturated heterocycles. The van der Waals surface area contributed by atoms with Crippen molar-refractivity contribution < 1.29 is 19.1 Å². The largest absolute Gasteiger partial charge is 0.525 e. The van der Waals surface area contributed by atoms with Crippen molar-refractivity contribution in [2.45, 2.75) is 32.2 Å². The van der Waals surface area contributed by atoms with Gasteiger partial charge in [-0.05, 0) is 66.8 Å². The van der Waals surface area contributed by atoms with Crippen molar-refractivity contribution in [3.8, 4) is 0 Å². The predicted octanol–water partition coefficient (Wildman–Crippen LogP) is 5.05. The van der Waals surface area contributed by atoms with Crippen molar-refractivity contribution in [2.24, 2.45) is 15.3 Å². The Morgan fingerprint density at radius 2 is 1.57 bits per heavy atom. The molecule has 0 spiro atoms. The lowest BCUT2D eigenvalue weighted by molar-refractivity contribution is -0.744. The number of anilines is 2. The highest BCUT2D eigenvalue weighted by molar-refractivity contribution is 5.80. The molecule has 9 nitrogen and oxygen atoms in total. The van der Waals surface area contributed by atoms with Crippen LogP contribution in [0.25, 0.3) is 0 Å². The molecule has 9 heteroatoms. The number of nitrogens with zero attached hydrogens (tertiary/aromatic N) is 6. The molecule has 0 radical (unpaired) electrons. The maximum absolute atomic E-state index is 9.01. The molecular formula is C35H43N8O+3. The summed E-state index contributed by atoms with van der Waals surface area (Å²) in [5, 5.41) is 27.9. The van der Waals surface area contributed by atoms with E-state index in [2.05, 4.69) is 80.5 Å². The number of nitrogens with one attached hydrogen (secondary N) is 2. The zero-order valence-corrected chi connectivity index (χ0v) is 25.7. The zero-order chi connectivity index (χ0) is 30.6. The highest BCUT2D eigenvalue weighted by Gasteiger charge is 2.40. The number of rotatable bonds is 14. The van der Waals surface area contributed by atoms with Crippen LogP contribution in [0.5, 0.6) is 0 Å². The second-order valence-electron chi connectivity index (χ2n) is 10.9. The van der Waals surface area contributed by atoms with Crippen LogP contribution in [0.15, 0.2) is 119 Å². The third kappa shape index (κ3) is 8.21. The summed E-state index contributed by atoms with van der Waals surface area (Å²) >= 11 is 0. The summed E-state index contributed by atoms with van der Waals surface area (Å²) < 4.78 is 4.40. The van der Waals surface area contributed by atoms with Gasteiger partial charge in [0.15, 0.2) is 23.8 Å². The van der Waals surface area contributed by atoms with Crippen molar-refractivity contribution in [3.05, 3.63) is 109 Å². The number of unbranched alkanes of at least 4 members (excludes halogenated alkanes) is 3. The van der Waals surface area contributed by atoms with E-state index in [0.717, 1.165) is 54.5 Å². The van der Waals surface area contributed by atoms with Crippen molar-refractivity contribution in [1.82, 2.24) is 0 Å². The number of hydrogen-bond acceptors (Lipinski definition) is 6.